The maximum absolute atomic E-state index is 13.7. The molecule has 1 aliphatic heterocycles. The van der Waals surface area contributed by atoms with Gasteiger partial charge >= 0.3 is 0 Å². The zero-order valence-corrected chi connectivity index (χ0v) is 22.0. The van der Waals surface area contributed by atoms with Gasteiger partial charge in [-0.05, 0) is 63.2 Å². The summed E-state index contributed by atoms with van der Waals surface area (Å²) >= 11 is 6.08. The molecule has 1 aromatic heterocycles. The predicted molar refractivity (Wildman–Crippen MR) is 144 cm³/mol. The molecule has 6 nitrogen and oxygen atoms in total. The number of carbonyl (C=O) groups is 1. The van der Waals surface area contributed by atoms with E-state index in [1.165, 1.54) is 0 Å². The molecule has 1 aliphatic rings. The van der Waals surface area contributed by atoms with Gasteiger partial charge in [-0.3, -0.25) is 4.79 Å². The van der Waals surface area contributed by atoms with Crippen molar-refractivity contribution in [2.45, 2.75) is 46.7 Å². The molecule has 1 fully saturated rings. The zero-order chi connectivity index (χ0) is 24.9. The van der Waals surface area contributed by atoms with Gasteiger partial charge in [-0.25, -0.2) is 4.68 Å². The van der Waals surface area contributed by atoms with Gasteiger partial charge < -0.3 is 14.7 Å². The topological polar surface area (TPSA) is 44.6 Å². The number of halogens is 1. The molecule has 2 heterocycles. The summed E-state index contributed by atoms with van der Waals surface area (Å²) in [7, 11) is 0. The van der Waals surface area contributed by atoms with Crippen molar-refractivity contribution in [1.29, 1.82) is 0 Å². The van der Waals surface area contributed by atoms with E-state index in [1.54, 1.807) is 12.1 Å². The van der Waals surface area contributed by atoms with E-state index in [0.29, 0.717) is 17.1 Å². The fraction of sp³-hybridized carbons (Fsp3) is 0.429. The van der Waals surface area contributed by atoms with E-state index in [0.717, 1.165) is 61.9 Å². The third-order valence-electron chi connectivity index (χ3n) is 7.08. The second kappa shape index (κ2) is 11.3. The van der Waals surface area contributed by atoms with Crippen LogP contribution in [0.3, 0.4) is 0 Å². The molecule has 0 aliphatic carbocycles. The Hall–Kier alpha value is -2.83. The number of amides is 1. The minimum atomic E-state index is 0.0182. The lowest BCUT2D eigenvalue weighted by atomic mass is 10.1. The monoisotopic (exact) mass is 493 g/mol. The van der Waals surface area contributed by atoms with Gasteiger partial charge in [-0.1, -0.05) is 43.6 Å². The van der Waals surface area contributed by atoms with Crippen LogP contribution in [-0.2, 0) is 6.54 Å². The molecule has 1 amide bonds. The molecule has 35 heavy (non-hydrogen) atoms. The van der Waals surface area contributed by atoms with Crippen LogP contribution in [-0.4, -0.2) is 64.3 Å². The number of carbonyl (C=O) groups excluding carboxylic acids is 1. The summed E-state index contributed by atoms with van der Waals surface area (Å²) < 4.78 is 2.06. The van der Waals surface area contributed by atoms with Crippen LogP contribution in [0.4, 0.5) is 5.82 Å². The van der Waals surface area contributed by atoms with E-state index >= 15 is 0 Å². The predicted octanol–water partition coefficient (Wildman–Crippen LogP) is 5.42. The van der Waals surface area contributed by atoms with Gasteiger partial charge in [0, 0.05) is 48.4 Å². The molecular formula is C28H36ClN5O. The summed E-state index contributed by atoms with van der Waals surface area (Å²) in [6, 6.07) is 17.6. The second-order valence-electron chi connectivity index (χ2n) is 9.25. The first-order chi connectivity index (χ1) is 16.9. The Morgan fingerprint density at radius 3 is 2.29 bits per heavy atom. The van der Waals surface area contributed by atoms with Crippen molar-refractivity contribution in [3.8, 4) is 5.69 Å². The summed E-state index contributed by atoms with van der Waals surface area (Å²) in [6.07, 6.45) is 0.871. The van der Waals surface area contributed by atoms with Gasteiger partial charge in [0.2, 0.25) is 0 Å². The van der Waals surface area contributed by atoms with Gasteiger partial charge in [0.25, 0.3) is 5.91 Å². The van der Waals surface area contributed by atoms with Gasteiger partial charge in [-0.2, -0.15) is 5.10 Å². The Kier molecular flexibility index (Phi) is 8.14. The minimum Gasteiger partial charge on any atom is -0.354 e. The van der Waals surface area contributed by atoms with Crippen LogP contribution < -0.4 is 4.90 Å². The van der Waals surface area contributed by atoms with Crippen LogP contribution in [0, 0.1) is 6.92 Å². The number of anilines is 1. The normalized spacial score (nSPS) is 15.3. The van der Waals surface area contributed by atoms with E-state index in [4.69, 9.17) is 16.7 Å². The molecule has 1 atom stereocenters. The van der Waals surface area contributed by atoms with Crippen LogP contribution in [0.2, 0.25) is 5.02 Å². The fourth-order valence-electron chi connectivity index (χ4n) is 4.66. The maximum Gasteiger partial charge on any atom is 0.254 e. The molecule has 1 saturated heterocycles. The Bertz CT molecular complexity index is 1120. The molecule has 0 saturated carbocycles. The van der Waals surface area contributed by atoms with Crippen molar-refractivity contribution in [1.82, 2.24) is 19.6 Å². The third kappa shape index (κ3) is 5.54. The van der Waals surface area contributed by atoms with Crippen LogP contribution in [0.5, 0.6) is 0 Å². The number of para-hydroxylation sites is 1. The summed E-state index contributed by atoms with van der Waals surface area (Å²) in [5.74, 6) is 1.12. The second-order valence-corrected chi connectivity index (χ2v) is 9.69. The van der Waals surface area contributed by atoms with Crippen LogP contribution in [0.1, 0.15) is 48.8 Å². The van der Waals surface area contributed by atoms with E-state index in [-0.39, 0.29) is 11.9 Å². The lowest BCUT2D eigenvalue weighted by Crippen LogP contribution is -2.47. The molecule has 0 spiro atoms. The smallest absolute Gasteiger partial charge is 0.254 e. The van der Waals surface area contributed by atoms with Gasteiger partial charge in [0.15, 0.2) is 0 Å². The standard InChI is InChI=1S/C28H36ClN5O/c1-5-21(3)33(28(35)23-12-14-24(29)15-13-23)20-26-22(4)30-34(25-10-8-7-9-11-25)27(26)32-18-16-31(6-2)17-19-32/h7-15,21H,5-6,16-20H2,1-4H3/t21-/m1/s1. The summed E-state index contributed by atoms with van der Waals surface area (Å²) in [5.41, 5.74) is 3.76. The van der Waals surface area contributed by atoms with Gasteiger partial charge in [0.05, 0.1) is 17.9 Å². The fourth-order valence-corrected chi connectivity index (χ4v) is 4.79. The van der Waals surface area contributed by atoms with Crippen LogP contribution in [0.25, 0.3) is 5.69 Å². The Morgan fingerprint density at radius 2 is 1.69 bits per heavy atom. The maximum atomic E-state index is 13.7. The largest absolute Gasteiger partial charge is 0.354 e. The first kappa shape index (κ1) is 25.3. The quantitative estimate of drug-likeness (QED) is 0.420. The van der Waals surface area contributed by atoms with E-state index in [9.17, 15) is 4.79 Å². The SMILES string of the molecule is CC[C@@H](C)N(Cc1c(C)nn(-c2ccccc2)c1N1CCN(CC)CC1)C(=O)c1ccc(Cl)cc1. The molecule has 0 unspecified atom stereocenters. The molecule has 2 aromatic carbocycles. The number of hydrogen-bond donors (Lipinski definition) is 0. The first-order valence-electron chi connectivity index (χ1n) is 12.6. The number of hydrogen-bond acceptors (Lipinski definition) is 4. The van der Waals surface area contributed by atoms with Crippen LogP contribution in [0.15, 0.2) is 54.6 Å². The minimum absolute atomic E-state index is 0.0182. The number of aromatic nitrogens is 2. The van der Waals surface area contributed by atoms with E-state index in [1.807, 2.05) is 35.2 Å². The average molecular weight is 494 g/mol. The highest BCUT2D eigenvalue weighted by atomic mass is 35.5. The molecule has 3 aromatic rings. The molecule has 0 bridgehead atoms. The van der Waals surface area contributed by atoms with Gasteiger partial charge in [0.1, 0.15) is 5.82 Å². The van der Waals surface area contributed by atoms with Crippen molar-refractivity contribution >= 4 is 23.3 Å². The van der Waals surface area contributed by atoms with Crippen molar-refractivity contribution in [3.63, 3.8) is 0 Å². The lowest BCUT2D eigenvalue weighted by Gasteiger charge is -2.37. The number of rotatable bonds is 8. The van der Waals surface area contributed by atoms with Crippen molar-refractivity contribution in [2.75, 3.05) is 37.6 Å². The highest BCUT2D eigenvalue weighted by molar-refractivity contribution is 6.30. The Balaban J connectivity index is 1.74. The van der Waals surface area contributed by atoms with Gasteiger partial charge in [-0.15, -0.1) is 0 Å². The van der Waals surface area contributed by atoms with Crippen molar-refractivity contribution in [3.05, 3.63) is 76.4 Å². The third-order valence-corrected chi connectivity index (χ3v) is 7.33. The van der Waals surface area contributed by atoms with Crippen LogP contribution >= 0.6 is 11.6 Å². The molecule has 4 rings (SSSR count). The van der Waals surface area contributed by atoms with E-state index < -0.39 is 0 Å². The molecule has 0 radical (unpaired) electrons. The number of nitrogens with zero attached hydrogens (tertiary/aromatic N) is 5. The lowest BCUT2D eigenvalue weighted by molar-refractivity contribution is 0.0671. The van der Waals surface area contributed by atoms with E-state index in [2.05, 4.69) is 54.3 Å². The Morgan fingerprint density at radius 1 is 1.03 bits per heavy atom. The summed E-state index contributed by atoms with van der Waals surface area (Å²) in [5, 5.41) is 5.61. The molecular weight excluding hydrogens is 458 g/mol. The first-order valence-corrected chi connectivity index (χ1v) is 13.0. The zero-order valence-electron chi connectivity index (χ0n) is 21.2. The van der Waals surface area contributed by atoms with Crippen molar-refractivity contribution < 1.29 is 4.79 Å². The number of likely N-dealkylation sites (N-methyl/N-ethyl adjacent to an activating group) is 1. The summed E-state index contributed by atoms with van der Waals surface area (Å²) in [4.78, 5) is 20.5. The molecule has 0 N–H and O–H groups in total. The average Bonchev–Trinajstić information content (AvgIpc) is 3.23. The highest BCUT2D eigenvalue weighted by Crippen LogP contribution is 2.31. The summed E-state index contributed by atoms with van der Waals surface area (Å²) in [6.45, 7) is 14.0. The number of piperazine rings is 1. The number of aryl methyl sites for hydroxylation is 1. The molecule has 186 valence electrons. The molecule has 7 heteroatoms. The van der Waals surface area contributed by atoms with Crippen molar-refractivity contribution in [2.24, 2.45) is 0 Å². The Labute approximate surface area is 214 Å². The highest BCUT2D eigenvalue weighted by Gasteiger charge is 2.29. The number of benzene rings is 2.